The molecule has 1 aliphatic heterocycles. The lowest BCUT2D eigenvalue weighted by Gasteiger charge is -2.31. The summed E-state index contributed by atoms with van der Waals surface area (Å²) in [4.78, 5) is 15.4. The number of rotatable bonds is 7. The van der Waals surface area contributed by atoms with Crippen LogP contribution in [0.1, 0.15) is 12.0 Å². The van der Waals surface area contributed by atoms with Crippen LogP contribution < -0.4 is 4.90 Å². The summed E-state index contributed by atoms with van der Waals surface area (Å²) in [5.74, 6) is 0.0512. The average Bonchev–Trinajstić information content (AvgIpc) is 2.61. The Morgan fingerprint density at radius 1 is 1.24 bits per heavy atom. The van der Waals surface area contributed by atoms with Crippen LogP contribution in [0.4, 0.5) is 14.7 Å². The zero-order valence-electron chi connectivity index (χ0n) is 13.5. The van der Waals surface area contributed by atoms with E-state index in [1.807, 2.05) is 4.90 Å². The predicted octanol–water partition coefficient (Wildman–Crippen LogP) is 2.33. The number of aliphatic hydroxyl groups is 1. The van der Waals surface area contributed by atoms with Crippen molar-refractivity contribution in [1.82, 2.24) is 9.97 Å². The number of benzene rings is 1. The van der Waals surface area contributed by atoms with Crippen LogP contribution in [-0.4, -0.2) is 47.2 Å². The maximum Gasteiger partial charge on any atom is 0.225 e. The molecule has 132 valence electrons. The Hall–Kier alpha value is -2.61. The van der Waals surface area contributed by atoms with Crippen molar-refractivity contribution >= 4 is 11.7 Å². The lowest BCUT2D eigenvalue weighted by molar-refractivity contribution is 0.134. The Kier molecular flexibility index (Phi) is 5.49. The lowest BCUT2D eigenvalue weighted by atomic mass is 10.1. The van der Waals surface area contributed by atoms with E-state index in [0.717, 1.165) is 5.71 Å². The first-order valence-corrected chi connectivity index (χ1v) is 7.92. The van der Waals surface area contributed by atoms with Crippen molar-refractivity contribution in [2.45, 2.75) is 13.0 Å². The van der Waals surface area contributed by atoms with Gasteiger partial charge in [0.25, 0.3) is 0 Å². The summed E-state index contributed by atoms with van der Waals surface area (Å²) >= 11 is 0. The summed E-state index contributed by atoms with van der Waals surface area (Å²) in [6.45, 7) is 0.581. The maximum atomic E-state index is 14.2. The number of anilines is 1. The van der Waals surface area contributed by atoms with Crippen molar-refractivity contribution in [2.24, 2.45) is 5.16 Å². The van der Waals surface area contributed by atoms with E-state index < -0.39 is 12.5 Å². The summed E-state index contributed by atoms with van der Waals surface area (Å²) in [5.41, 5.74) is 1.97. The quantitative estimate of drug-likeness (QED) is 0.614. The summed E-state index contributed by atoms with van der Waals surface area (Å²) in [6.07, 6.45) is 3.43. The molecule has 0 radical (unpaired) electrons. The molecule has 3 rings (SSSR count). The van der Waals surface area contributed by atoms with Crippen molar-refractivity contribution in [3.05, 3.63) is 42.0 Å². The fourth-order valence-electron chi connectivity index (χ4n) is 2.40. The average molecular weight is 348 g/mol. The molecule has 1 N–H and O–H groups in total. The van der Waals surface area contributed by atoms with Crippen LogP contribution in [0, 0.1) is 5.82 Å². The van der Waals surface area contributed by atoms with Crippen molar-refractivity contribution in [3.8, 4) is 11.1 Å². The lowest BCUT2D eigenvalue weighted by Crippen LogP contribution is -2.48. The van der Waals surface area contributed by atoms with Gasteiger partial charge < -0.3 is 14.8 Å². The Morgan fingerprint density at radius 3 is 2.68 bits per heavy atom. The van der Waals surface area contributed by atoms with Gasteiger partial charge in [0.2, 0.25) is 5.95 Å². The number of oxime groups is 1. The van der Waals surface area contributed by atoms with Crippen LogP contribution >= 0.6 is 0 Å². The molecule has 0 saturated carbocycles. The van der Waals surface area contributed by atoms with Gasteiger partial charge in [-0.3, -0.25) is 4.39 Å². The van der Waals surface area contributed by atoms with Crippen LogP contribution in [0.2, 0.25) is 0 Å². The van der Waals surface area contributed by atoms with E-state index in [0.29, 0.717) is 36.6 Å². The third-order valence-corrected chi connectivity index (χ3v) is 3.79. The van der Waals surface area contributed by atoms with E-state index in [1.165, 1.54) is 6.07 Å². The third-order valence-electron chi connectivity index (χ3n) is 3.79. The van der Waals surface area contributed by atoms with Gasteiger partial charge in [-0.1, -0.05) is 23.4 Å². The second kappa shape index (κ2) is 7.98. The Balaban J connectivity index is 1.63. The van der Waals surface area contributed by atoms with Crippen LogP contribution in [0.5, 0.6) is 0 Å². The van der Waals surface area contributed by atoms with Crippen molar-refractivity contribution in [3.63, 3.8) is 0 Å². The highest BCUT2D eigenvalue weighted by atomic mass is 19.1. The molecule has 1 aliphatic rings. The topological polar surface area (TPSA) is 70.8 Å². The van der Waals surface area contributed by atoms with Crippen molar-refractivity contribution in [2.75, 3.05) is 31.3 Å². The highest BCUT2D eigenvalue weighted by molar-refractivity contribution is 5.98. The van der Waals surface area contributed by atoms with E-state index in [1.54, 1.807) is 24.5 Å². The van der Waals surface area contributed by atoms with Gasteiger partial charge in [0, 0.05) is 35.5 Å². The molecule has 1 aromatic carbocycles. The number of halogens is 2. The smallest absolute Gasteiger partial charge is 0.225 e. The Morgan fingerprint density at radius 2 is 2.00 bits per heavy atom. The minimum Gasteiger partial charge on any atom is -0.396 e. The fraction of sp³-hybridized carbons (Fsp3) is 0.353. The number of aromatic nitrogens is 2. The van der Waals surface area contributed by atoms with E-state index >= 15 is 0 Å². The molecule has 0 amide bonds. The molecule has 0 unspecified atom stereocenters. The molecule has 1 aromatic heterocycles. The monoisotopic (exact) mass is 348 g/mol. The first-order chi connectivity index (χ1) is 12.2. The first kappa shape index (κ1) is 17.2. The molecule has 8 heteroatoms. The summed E-state index contributed by atoms with van der Waals surface area (Å²) in [6, 6.07) is 4.83. The number of alkyl halides is 1. The zero-order chi connectivity index (χ0) is 17.6. The number of hydrogen-bond acceptors (Lipinski definition) is 6. The molecule has 0 aliphatic carbocycles. The van der Waals surface area contributed by atoms with Gasteiger partial charge in [-0.2, -0.15) is 0 Å². The molecule has 0 atom stereocenters. The van der Waals surface area contributed by atoms with Crippen LogP contribution in [-0.2, 0) is 11.4 Å². The number of nitrogens with zero attached hydrogens (tertiary/aromatic N) is 4. The molecule has 25 heavy (non-hydrogen) atoms. The fourth-order valence-corrected chi connectivity index (χ4v) is 2.40. The van der Waals surface area contributed by atoms with Crippen LogP contribution in [0.3, 0.4) is 0 Å². The van der Waals surface area contributed by atoms with E-state index in [-0.39, 0.29) is 18.8 Å². The normalized spacial score (nSPS) is 13.6. The summed E-state index contributed by atoms with van der Waals surface area (Å²) in [7, 11) is 0. The second-order valence-electron chi connectivity index (χ2n) is 5.60. The molecule has 1 fully saturated rings. The summed E-state index contributed by atoms with van der Waals surface area (Å²) in [5, 5.41) is 13.1. The minimum absolute atomic E-state index is 0.234. The molecule has 2 heterocycles. The van der Waals surface area contributed by atoms with Crippen LogP contribution in [0.15, 0.2) is 35.7 Å². The van der Waals surface area contributed by atoms with Gasteiger partial charge in [0.15, 0.2) is 0 Å². The first-order valence-electron chi connectivity index (χ1n) is 7.92. The molecule has 0 bridgehead atoms. The molecular weight excluding hydrogens is 330 g/mol. The Bertz CT molecular complexity index is 745. The van der Waals surface area contributed by atoms with Gasteiger partial charge in [-0.05, 0) is 0 Å². The van der Waals surface area contributed by atoms with Gasteiger partial charge in [0.05, 0.1) is 32.1 Å². The largest absolute Gasteiger partial charge is 0.396 e. The van der Waals surface area contributed by atoms with Gasteiger partial charge >= 0.3 is 0 Å². The maximum absolute atomic E-state index is 14.2. The minimum atomic E-state index is -0.467. The Labute approximate surface area is 143 Å². The zero-order valence-corrected chi connectivity index (χ0v) is 13.5. The van der Waals surface area contributed by atoms with Crippen LogP contribution in [0.25, 0.3) is 11.1 Å². The highest BCUT2D eigenvalue weighted by Gasteiger charge is 2.25. The predicted molar refractivity (Wildman–Crippen MR) is 89.5 cm³/mol. The molecule has 1 saturated heterocycles. The van der Waals surface area contributed by atoms with Crippen molar-refractivity contribution < 1.29 is 18.7 Å². The summed E-state index contributed by atoms with van der Waals surface area (Å²) < 4.78 is 26.2. The van der Waals surface area contributed by atoms with Gasteiger partial charge in [-0.25, -0.2) is 14.4 Å². The van der Waals surface area contributed by atoms with E-state index in [2.05, 4.69) is 15.1 Å². The highest BCUT2D eigenvalue weighted by Crippen LogP contribution is 2.25. The molecule has 6 nitrogen and oxygen atoms in total. The van der Waals surface area contributed by atoms with E-state index in [9.17, 15) is 8.78 Å². The third kappa shape index (κ3) is 3.90. The van der Waals surface area contributed by atoms with Gasteiger partial charge in [0.1, 0.15) is 12.4 Å². The van der Waals surface area contributed by atoms with Gasteiger partial charge in [-0.15, -0.1) is 0 Å². The standard InChI is InChI=1S/C17H18F2N4O2/c18-5-2-6-25-22-14-9-23(10-14)17-20-7-13(8-21-17)15-4-1-3-12(11-24)16(15)19/h1,3-4,7-8,24H,2,5-6,9-11H2. The second-order valence-corrected chi connectivity index (χ2v) is 5.60. The molecule has 0 spiro atoms. The SMILES string of the molecule is OCc1cccc(-c2cnc(N3CC(=NOCCCF)C3)nc2)c1F. The molecular formula is C17H18F2N4O2. The van der Waals surface area contributed by atoms with E-state index in [4.69, 9.17) is 9.94 Å². The van der Waals surface area contributed by atoms with Crippen molar-refractivity contribution in [1.29, 1.82) is 0 Å². The number of aliphatic hydroxyl groups excluding tert-OH is 1. The number of hydrogen-bond donors (Lipinski definition) is 1. The molecule has 2 aromatic rings.